The van der Waals surface area contributed by atoms with E-state index in [0.717, 1.165) is 11.3 Å². The van der Waals surface area contributed by atoms with E-state index in [-0.39, 0.29) is 0 Å². The van der Waals surface area contributed by atoms with Crippen LogP contribution in [-0.4, -0.2) is 23.1 Å². The highest BCUT2D eigenvalue weighted by atomic mass is 32.2. The van der Waals surface area contributed by atoms with Crippen LogP contribution in [0.3, 0.4) is 0 Å². The fourth-order valence-corrected chi connectivity index (χ4v) is 3.96. The summed E-state index contributed by atoms with van der Waals surface area (Å²) in [6.07, 6.45) is 13.0. The van der Waals surface area contributed by atoms with Crippen molar-refractivity contribution in [1.82, 2.24) is 5.32 Å². The summed E-state index contributed by atoms with van der Waals surface area (Å²) in [7, 11) is 0. The van der Waals surface area contributed by atoms with Gasteiger partial charge in [-0.2, -0.15) is 11.8 Å². The van der Waals surface area contributed by atoms with Gasteiger partial charge in [0.2, 0.25) is 0 Å². The molecular formula is C13H23NS. The molecule has 0 aromatic heterocycles. The minimum atomic E-state index is 0.668. The van der Waals surface area contributed by atoms with Gasteiger partial charge in [-0.1, -0.05) is 25.5 Å². The number of rotatable bonds is 4. The highest BCUT2D eigenvalue weighted by Gasteiger charge is 2.28. The highest BCUT2D eigenvalue weighted by Crippen LogP contribution is 2.30. The van der Waals surface area contributed by atoms with Crippen molar-refractivity contribution in [2.24, 2.45) is 0 Å². The molecule has 0 heterocycles. The monoisotopic (exact) mass is 225 g/mol. The van der Waals surface area contributed by atoms with E-state index in [1.807, 2.05) is 0 Å². The minimum absolute atomic E-state index is 0.668. The molecule has 1 nitrogen and oxygen atoms in total. The third-order valence-electron chi connectivity index (χ3n) is 3.52. The van der Waals surface area contributed by atoms with Gasteiger partial charge >= 0.3 is 0 Å². The molecule has 0 radical (unpaired) electrons. The maximum Gasteiger partial charge on any atom is 0.0253 e. The summed E-state index contributed by atoms with van der Waals surface area (Å²) in [5, 5.41) is 4.72. The fourth-order valence-electron chi connectivity index (χ4n) is 2.76. The maximum atomic E-state index is 3.85. The van der Waals surface area contributed by atoms with E-state index in [2.05, 4.69) is 36.2 Å². The minimum Gasteiger partial charge on any atom is -0.307 e. The molecule has 0 amide bonds. The quantitative estimate of drug-likeness (QED) is 0.736. The third kappa shape index (κ3) is 3.25. The van der Waals surface area contributed by atoms with Gasteiger partial charge < -0.3 is 5.32 Å². The van der Waals surface area contributed by atoms with Gasteiger partial charge in [0, 0.05) is 17.3 Å². The predicted molar refractivity (Wildman–Crippen MR) is 69.5 cm³/mol. The molecule has 0 aromatic carbocycles. The summed E-state index contributed by atoms with van der Waals surface area (Å²) >= 11 is 2.15. The number of hydrogen-bond acceptors (Lipinski definition) is 2. The van der Waals surface area contributed by atoms with Gasteiger partial charge in [-0.15, -0.1) is 0 Å². The van der Waals surface area contributed by atoms with Gasteiger partial charge in [-0.3, -0.25) is 0 Å². The average Bonchev–Trinajstić information content (AvgIpc) is 2.68. The van der Waals surface area contributed by atoms with Crippen molar-refractivity contribution in [1.29, 1.82) is 0 Å². The van der Waals surface area contributed by atoms with Crippen molar-refractivity contribution in [3.05, 3.63) is 12.2 Å². The van der Waals surface area contributed by atoms with Crippen molar-refractivity contribution in [3.63, 3.8) is 0 Å². The van der Waals surface area contributed by atoms with E-state index in [0.29, 0.717) is 6.04 Å². The average molecular weight is 225 g/mol. The van der Waals surface area contributed by atoms with E-state index in [4.69, 9.17) is 0 Å². The molecule has 2 aliphatic rings. The summed E-state index contributed by atoms with van der Waals surface area (Å²) in [6, 6.07) is 1.45. The van der Waals surface area contributed by atoms with Crippen LogP contribution < -0.4 is 5.32 Å². The second-order valence-electron chi connectivity index (χ2n) is 4.66. The molecule has 1 saturated carbocycles. The first kappa shape index (κ1) is 11.5. The van der Waals surface area contributed by atoms with Crippen LogP contribution in [0, 0.1) is 0 Å². The largest absolute Gasteiger partial charge is 0.307 e. The lowest BCUT2D eigenvalue weighted by atomic mass is 10.0. The zero-order chi connectivity index (χ0) is 10.5. The second kappa shape index (κ2) is 5.95. The fraction of sp³-hybridized carbons (Fsp3) is 0.846. The summed E-state index contributed by atoms with van der Waals surface area (Å²) in [6.45, 7) is 2.28. The summed E-state index contributed by atoms with van der Waals surface area (Å²) in [5.41, 5.74) is 0. The van der Waals surface area contributed by atoms with Crippen molar-refractivity contribution in [2.75, 3.05) is 5.75 Å². The van der Waals surface area contributed by atoms with Crippen molar-refractivity contribution < 1.29 is 0 Å². The van der Waals surface area contributed by atoms with Crippen LogP contribution in [0.1, 0.15) is 45.4 Å². The molecule has 86 valence electrons. The van der Waals surface area contributed by atoms with Gasteiger partial charge in [-0.05, 0) is 37.9 Å². The molecule has 0 spiro atoms. The Kier molecular flexibility index (Phi) is 4.58. The van der Waals surface area contributed by atoms with Gasteiger partial charge in [0.15, 0.2) is 0 Å². The van der Waals surface area contributed by atoms with Crippen LogP contribution in [0.15, 0.2) is 12.2 Å². The van der Waals surface area contributed by atoms with Crippen LogP contribution in [0.5, 0.6) is 0 Å². The van der Waals surface area contributed by atoms with Crippen LogP contribution in [0.25, 0.3) is 0 Å². The number of allylic oxidation sites excluding steroid dienone is 1. The van der Waals surface area contributed by atoms with Crippen LogP contribution >= 0.6 is 11.8 Å². The van der Waals surface area contributed by atoms with E-state index in [1.54, 1.807) is 0 Å². The lowest BCUT2D eigenvalue weighted by Crippen LogP contribution is -2.41. The van der Waals surface area contributed by atoms with Crippen LogP contribution in [0.4, 0.5) is 0 Å². The standard InChI is InChI=1S/C13H23NS/c1-2-15-13-10-6-9-12(13)14-11-7-4-3-5-8-11/h4,7,11-14H,2-3,5-6,8-10H2,1H3. The van der Waals surface area contributed by atoms with Crippen molar-refractivity contribution in [2.45, 2.75) is 62.8 Å². The first-order valence-electron chi connectivity index (χ1n) is 6.44. The molecule has 2 rings (SSSR count). The summed E-state index contributed by atoms with van der Waals surface area (Å²) in [4.78, 5) is 0. The Labute approximate surface area is 98.1 Å². The maximum absolute atomic E-state index is 3.85. The Hall–Kier alpha value is 0.0500. The van der Waals surface area contributed by atoms with Gasteiger partial charge in [0.05, 0.1) is 0 Å². The molecule has 0 bridgehead atoms. The lowest BCUT2D eigenvalue weighted by molar-refractivity contribution is 0.447. The van der Waals surface area contributed by atoms with Crippen molar-refractivity contribution >= 4 is 11.8 Å². The topological polar surface area (TPSA) is 12.0 Å². The molecule has 3 atom stereocenters. The second-order valence-corrected chi connectivity index (χ2v) is 6.18. The molecule has 3 unspecified atom stereocenters. The van der Waals surface area contributed by atoms with E-state index in [1.165, 1.54) is 44.3 Å². The smallest absolute Gasteiger partial charge is 0.0253 e. The van der Waals surface area contributed by atoms with E-state index < -0.39 is 0 Å². The molecule has 15 heavy (non-hydrogen) atoms. The SMILES string of the molecule is CCSC1CCCC1NC1C=CCCC1. The van der Waals surface area contributed by atoms with Gasteiger partial charge in [-0.25, -0.2) is 0 Å². The molecule has 0 aliphatic heterocycles. The zero-order valence-corrected chi connectivity index (χ0v) is 10.6. The van der Waals surface area contributed by atoms with E-state index >= 15 is 0 Å². The first-order valence-corrected chi connectivity index (χ1v) is 7.49. The predicted octanol–water partition coefficient (Wildman–Crippen LogP) is 3.36. The Morgan fingerprint density at radius 3 is 2.93 bits per heavy atom. The Bertz CT molecular complexity index is 215. The molecule has 0 saturated heterocycles. The Morgan fingerprint density at radius 1 is 1.27 bits per heavy atom. The van der Waals surface area contributed by atoms with Crippen LogP contribution in [0.2, 0.25) is 0 Å². The highest BCUT2D eigenvalue weighted by molar-refractivity contribution is 7.99. The summed E-state index contributed by atoms with van der Waals surface area (Å²) < 4.78 is 0. The summed E-state index contributed by atoms with van der Waals surface area (Å²) in [5.74, 6) is 1.27. The Morgan fingerprint density at radius 2 is 2.20 bits per heavy atom. The molecule has 2 heteroatoms. The number of nitrogens with one attached hydrogen (secondary N) is 1. The lowest BCUT2D eigenvalue weighted by Gasteiger charge is -2.26. The molecule has 2 aliphatic carbocycles. The number of hydrogen-bond donors (Lipinski definition) is 1. The Balaban J connectivity index is 1.81. The molecular weight excluding hydrogens is 202 g/mol. The molecule has 1 fully saturated rings. The van der Waals surface area contributed by atoms with Crippen LogP contribution in [-0.2, 0) is 0 Å². The van der Waals surface area contributed by atoms with Gasteiger partial charge in [0.25, 0.3) is 0 Å². The normalized spacial score (nSPS) is 35.9. The molecule has 0 aromatic rings. The number of thioether (sulfide) groups is 1. The molecule has 1 N–H and O–H groups in total. The first-order chi connectivity index (χ1) is 7.40. The van der Waals surface area contributed by atoms with Gasteiger partial charge in [0.1, 0.15) is 0 Å². The zero-order valence-electron chi connectivity index (χ0n) is 9.74. The van der Waals surface area contributed by atoms with Crippen molar-refractivity contribution in [3.8, 4) is 0 Å². The van der Waals surface area contributed by atoms with E-state index in [9.17, 15) is 0 Å². The third-order valence-corrected chi connectivity index (χ3v) is 4.84.